The third kappa shape index (κ3) is 3.85. The van der Waals surface area contributed by atoms with Crippen LogP contribution in [0.1, 0.15) is 40.5 Å². The molecule has 144 valence electrons. The summed E-state index contributed by atoms with van der Waals surface area (Å²) in [5.74, 6) is -1.08. The van der Waals surface area contributed by atoms with Crippen LogP contribution < -0.4 is 10.2 Å². The number of carbonyl (C=O) groups excluding carboxylic acids is 4. The first-order chi connectivity index (χ1) is 12.9. The average molecular weight is 372 g/mol. The summed E-state index contributed by atoms with van der Waals surface area (Å²) in [5.41, 5.74) is 1.77. The molecule has 0 bridgehead atoms. The van der Waals surface area contributed by atoms with Crippen molar-refractivity contribution in [2.75, 3.05) is 38.1 Å². The van der Waals surface area contributed by atoms with Gasteiger partial charge >= 0.3 is 0 Å². The Kier molecular flexibility index (Phi) is 5.55. The van der Waals surface area contributed by atoms with Gasteiger partial charge in [0.15, 0.2) is 0 Å². The van der Waals surface area contributed by atoms with Crippen LogP contribution in [-0.2, 0) is 9.59 Å². The van der Waals surface area contributed by atoms with Gasteiger partial charge in [0.05, 0.1) is 11.1 Å². The summed E-state index contributed by atoms with van der Waals surface area (Å²) >= 11 is 0. The molecule has 8 heteroatoms. The number of fused-ring (bicyclic) bond motifs is 1. The van der Waals surface area contributed by atoms with Crippen molar-refractivity contribution in [1.29, 1.82) is 0 Å². The van der Waals surface area contributed by atoms with Crippen molar-refractivity contribution in [1.82, 2.24) is 15.1 Å². The van der Waals surface area contributed by atoms with Crippen molar-refractivity contribution in [3.8, 4) is 0 Å². The minimum absolute atomic E-state index is 0.0693. The summed E-state index contributed by atoms with van der Waals surface area (Å²) in [7, 11) is 2.08. The summed E-state index contributed by atoms with van der Waals surface area (Å²) in [4.78, 5) is 52.9. The maximum Gasteiger partial charge on any atom is 0.261 e. The lowest BCUT2D eigenvalue weighted by Crippen LogP contribution is -2.44. The van der Waals surface area contributed by atoms with Crippen molar-refractivity contribution >= 4 is 29.8 Å². The molecule has 0 aromatic heterocycles. The Morgan fingerprint density at radius 2 is 1.81 bits per heavy atom. The van der Waals surface area contributed by atoms with Gasteiger partial charge < -0.3 is 9.80 Å². The second-order valence-corrected chi connectivity index (χ2v) is 7.07. The molecule has 0 radical (unpaired) electrons. The van der Waals surface area contributed by atoms with Crippen LogP contribution in [0.15, 0.2) is 18.2 Å². The Balaban J connectivity index is 1.73. The Morgan fingerprint density at radius 1 is 1.15 bits per heavy atom. The van der Waals surface area contributed by atoms with E-state index in [0.717, 1.165) is 31.9 Å². The fraction of sp³-hybridized carbons (Fsp3) is 0.474. The molecule has 8 nitrogen and oxygen atoms in total. The van der Waals surface area contributed by atoms with Gasteiger partial charge in [0.2, 0.25) is 12.3 Å². The molecular weight excluding hydrogens is 348 g/mol. The van der Waals surface area contributed by atoms with Crippen LogP contribution in [0.25, 0.3) is 0 Å². The van der Waals surface area contributed by atoms with Crippen LogP contribution in [0.4, 0.5) is 5.69 Å². The minimum Gasteiger partial charge on any atom is -0.369 e. The van der Waals surface area contributed by atoms with Gasteiger partial charge in [-0.25, -0.2) is 0 Å². The molecule has 1 unspecified atom stereocenters. The molecular formula is C19H24N4O4. The number of nitrogens with one attached hydrogen (secondary N) is 1. The second-order valence-electron chi connectivity index (χ2n) is 7.07. The molecule has 0 aliphatic carbocycles. The number of amides is 4. The van der Waals surface area contributed by atoms with Crippen LogP contribution in [0, 0.1) is 0 Å². The Morgan fingerprint density at radius 3 is 2.48 bits per heavy atom. The Bertz CT molecular complexity index is 771. The van der Waals surface area contributed by atoms with Gasteiger partial charge in [0.1, 0.15) is 0 Å². The molecule has 1 aromatic carbocycles. The van der Waals surface area contributed by atoms with E-state index < -0.39 is 11.9 Å². The number of carbonyl (C=O) groups is 4. The summed E-state index contributed by atoms with van der Waals surface area (Å²) < 4.78 is 0. The van der Waals surface area contributed by atoms with Gasteiger partial charge in [-0.3, -0.25) is 29.4 Å². The number of hydrogen-bond donors (Lipinski definition) is 1. The number of piperazine rings is 1. The van der Waals surface area contributed by atoms with Gasteiger partial charge in [-0.1, -0.05) is 0 Å². The molecule has 1 fully saturated rings. The van der Waals surface area contributed by atoms with Gasteiger partial charge in [-0.05, 0) is 38.6 Å². The summed E-state index contributed by atoms with van der Waals surface area (Å²) in [6, 6.07) is 4.98. The standard InChI is InChI=1S/C19H24N4O4/c1-13(3-6-17(25)20-12-24)23-18(26)15-5-4-14(11-16(15)19(23)27)22-9-7-21(2)8-10-22/h4-5,11-13H,3,6-10H2,1-2H3,(H,20,24,25). The van der Waals surface area contributed by atoms with Crippen LogP contribution in [0.5, 0.6) is 0 Å². The highest BCUT2D eigenvalue weighted by molar-refractivity contribution is 6.22. The fourth-order valence-corrected chi connectivity index (χ4v) is 3.52. The van der Waals surface area contributed by atoms with E-state index in [1.807, 2.05) is 6.07 Å². The van der Waals surface area contributed by atoms with Crippen molar-refractivity contribution in [3.05, 3.63) is 29.3 Å². The zero-order valence-corrected chi connectivity index (χ0v) is 15.6. The summed E-state index contributed by atoms with van der Waals surface area (Å²) in [6.07, 6.45) is 0.700. The first-order valence-corrected chi connectivity index (χ1v) is 9.11. The molecule has 2 aliphatic rings. The van der Waals surface area contributed by atoms with E-state index in [1.165, 1.54) is 4.90 Å². The third-order valence-corrected chi connectivity index (χ3v) is 5.22. The van der Waals surface area contributed by atoms with E-state index >= 15 is 0 Å². The van der Waals surface area contributed by atoms with Crippen LogP contribution >= 0.6 is 0 Å². The lowest BCUT2D eigenvalue weighted by atomic mass is 10.1. The molecule has 0 saturated carbocycles. The predicted molar refractivity (Wildman–Crippen MR) is 99.6 cm³/mol. The lowest BCUT2D eigenvalue weighted by molar-refractivity contribution is -0.125. The maximum atomic E-state index is 12.8. The number of rotatable bonds is 6. The number of nitrogens with zero attached hydrogens (tertiary/aromatic N) is 3. The quantitative estimate of drug-likeness (QED) is 0.577. The van der Waals surface area contributed by atoms with E-state index in [-0.39, 0.29) is 18.2 Å². The van der Waals surface area contributed by atoms with Gasteiger partial charge in [0, 0.05) is 44.3 Å². The molecule has 1 N–H and O–H groups in total. The zero-order valence-electron chi connectivity index (χ0n) is 15.6. The molecule has 2 heterocycles. The molecule has 1 saturated heterocycles. The van der Waals surface area contributed by atoms with Gasteiger partial charge in [-0.15, -0.1) is 0 Å². The molecule has 2 aliphatic heterocycles. The van der Waals surface area contributed by atoms with Gasteiger partial charge in [0.25, 0.3) is 11.8 Å². The van der Waals surface area contributed by atoms with E-state index in [2.05, 4.69) is 22.2 Å². The first-order valence-electron chi connectivity index (χ1n) is 9.11. The van der Waals surface area contributed by atoms with E-state index in [4.69, 9.17) is 0 Å². The molecule has 4 amide bonds. The molecule has 1 aromatic rings. The number of anilines is 1. The predicted octanol–water partition coefficient (Wildman–Crippen LogP) is 0.476. The normalized spacial score (nSPS) is 18.4. The fourth-order valence-electron chi connectivity index (χ4n) is 3.52. The number of imide groups is 2. The minimum atomic E-state index is -0.429. The summed E-state index contributed by atoms with van der Waals surface area (Å²) in [6.45, 7) is 5.40. The summed E-state index contributed by atoms with van der Waals surface area (Å²) in [5, 5.41) is 2.06. The number of hydrogen-bond acceptors (Lipinski definition) is 6. The lowest BCUT2D eigenvalue weighted by Gasteiger charge is -2.34. The van der Waals surface area contributed by atoms with E-state index in [9.17, 15) is 19.2 Å². The number of likely N-dealkylation sites (N-methyl/N-ethyl adjacent to an activating group) is 1. The van der Waals surface area contributed by atoms with Crippen molar-refractivity contribution in [3.63, 3.8) is 0 Å². The number of benzene rings is 1. The highest BCUT2D eigenvalue weighted by Crippen LogP contribution is 2.30. The smallest absolute Gasteiger partial charge is 0.261 e. The van der Waals surface area contributed by atoms with Crippen molar-refractivity contribution < 1.29 is 19.2 Å². The van der Waals surface area contributed by atoms with E-state index in [1.54, 1.807) is 19.1 Å². The van der Waals surface area contributed by atoms with E-state index in [0.29, 0.717) is 24.0 Å². The maximum absolute atomic E-state index is 12.8. The van der Waals surface area contributed by atoms with Crippen LogP contribution in [0.3, 0.4) is 0 Å². The molecule has 0 spiro atoms. The zero-order chi connectivity index (χ0) is 19.6. The molecule has 3 rings (SSSR count). The van der Waals surface area contributed by atoms with Crippen LogP contribution in [0.2, 0.25) is 0 Å². The van der Waals surface area contributed by atoms with Crippen molar-refractivity contribution in [2.45, 2.75) is 25.8 Å². The SMILES string of the molecule is CC(CCC(=O)NC=O)N1C(=O)c2ccc(N3CCN(C)CC3)cc2C1=O. The average Bonchev–Trinajstić information content (AvgIpc) is 2.91. The second kappa shape index (κ2) is 7.87. The van der Waals surface area contributed by atoms with Crippen LogP contribution in [-0.4, -0.2) is 73.2 Å². The Hall–Kier alpha value is -2.74. The van der Waals surface area contributed by atoms with Crippen molar-refractivity contribution in [2.24, 2.45) is 0 Å². The largest absolute Gasteiger partial charge is 0.369 e. The Labute approximate surface area is 158 Å². The van der Waals surface area contributed by atoms with Gasteiger partial charge in [-0.2, -0.15) is 0 Å². The monoisotopic (exact) mass is 372 g/mol. The third-order valence-electron chi connectivity index (χ3n) is 5.22. The molecule has 27 heavy (non-hydrogen) atoms. The highest BCUT2D eigenvalue weighted by atomic mass is 16.2. The molecule has 1 atom stereocenters. The first kappa shape index (κ1) is 19.0. The highest BCUT2D eigenvalue weighted by Gasteiger charge is 2.38. The topological polar surface area (TPSA) is 90.0 Å².